The maximum Gasteiger partial charge on any atom is 0.213 e. The summed E-state index contributed by atoms with van der Waals surface area (Å²) in [6.07, 6.45) is 1.76. The van der Waals surface area contributed by atoms with Crippen LogP contribution in [-0.2, 0) is 16.0 Å². The van der Waals surface area contributed by atoms with Crippen molar-refractivity contribution in [3.05, 3.63) is 23.9 Å². The van der Waals surface area contributed by atoms with Gasteiger partial charge >= 0.3 is 0 Å². The summed E-state index contributed by atoms with van der Waals surface area (Å²) in [6.45, 7) is 9.44. The van der Waals surface area contributed by atoms with E-state index in [0.717, 1.165) is 12.1 Å². The zero-order chi connectivity index (χ0) is 14.8. The van der Waals surface area contributed by atoms with E-state index >= 15 is 0 Å². The standard InChI is InChI=1S/C15H26N2O3/c1-15(2,3)17-12-13-5-6-16-14(11-13)20-10-9-19-8-7-18-4/h5-6,11,17H,7-10,12H2,1-4H3. The van der Waals surface area contributed by atoms with Crippen molar-refractivity contribution >= 4 is 0 Å². The molecular weight excluding hydrogens is 256 g/mol. The first-order valence-corrected chi connectivity index (χ1v) is 6.91. The Balaban J connectivity index is 2.29. The third-order valence-electron chi connectivity index (χ3n) is 2.53. The van der Waals surface area contributed by atoms with E-state index in [-0.39, 0.29) is 5.54 Å². The fraction of sp³-hybridized carbons (Fsp3) is 0.667. The highest BCUT2D eigenvalue weighted by atomic mass is 16.5. The highest BCUT2D eigenvalue weighted by Crippen LogP contribution is 2.10. The van der Waals surface area contributed by atoms with E-state index in [9.17, 15) is 0 Å². The number of nitrogens with zero attached hydrogens (tertiary/aromatic N) is 1. The normalized spacial score (nSPS) is 11.6. The number of methoxy groups -OCH3 is 1. The number of aromatic nitrogens is 1. The Morgan fingerprint density at radius 2 is 1.90 bits per heavy atom. The fourth-order valence-electron chi connectivity index (χ4n) is 1.46. The molecule has 0 atom stereocenters. The predicted octanol–water partition coefficient (Wildman–Crippen LogP) is 2.01. The molecule has 1 aromatic rings. The average molecular weight is 282 g/mol. The second-order valence-electron chi connectivity index (χ2n) is 5.56. The summed E-state index contributed by atoms with van der Waals surface area (Å²) >= 11 is 0. The van der Waals surface area contributed by atoms with Crippen molar-refractivity contribution in [2.24, 2.45) is 0 Å². The van der Waals surface area contributed by atoms with E-state index in [4.69, 9.17) is 14.2 Å². The molecule has 1 N–H and O–H groups in total. The van der Waals surface area contributed by atoms with Crippen LogP contribution in [0.15, 0.2) is 18.3 Å². The van der Waals surface area contributed by atoms with E-state index in [1.165, 1.54) is 0 Å². The van der Waals surface area contributed by atoms with Crippen LogP contribution in [0.1, 0.15) is 26.3 Å². The molecule has 0 spiro atoms. The van der Waals surface area contributed by atoms with Crippen LogP contribution in [0.5, 0.6) is 5.88 Å². The zero-order valence-electron chi connectivity index (χ0n) is 12.9. The predicted molar refractivity (Wildman–Crippen MR) is 79.0 cm³/mol. The zero-order valence-corrected chi connectivity index (χ0v) is 12.9. The van der Waals surface area contributed by atoms with Crippen molar-refractivity contribution in [1.82, 2.24) is 10.3 Å². The second-order valence-corrected chi connectivity index (χ2v) is 5.56. The topological polar surface area (TPSA) is 52.6 Å². The van der Waals surface area contributed by atoms with Crippen LogP contribution in [0.3, 0.4) is 0 Å². The summed E-state index contributed by atoms with van der Waals surface area (Å²) < 4.78 is 15.8. The molecule has 114 valence electrons. The minimum atomic E-state index is 0.0967. The van der Waals surface area contributed by atoms with Crippen LogP contribution in [0.25, 0.3) is 0 Å². The van der Waals surface area contributed by atoms with E-state index in [0.29, 0.717) is 32.3 Å². The van der Waals surface area contributed by atoms with Gasteiger partial charge in [-0.3, -0.25) is 0 Å². The van der Waals surface area contributed by atoms with E-state index < -0.39 is 0 Å². The van der Waals surface area contributed by atoms with Gasteiger partial charge < -0.3 is 19.5 Å². The molecule has 0 aliphatic carbocycles. The quantitative estimate of drug-likeness (QED) is 0.702. The van der Waals surface area contributed by atoms with Gasteiger partial charge in [0.1, 0.15) is 6.61 Å². The van der Waals surface area contributed by atoms with Crippen molar-refractivity contribution in [2.45, 2.75) is 32.9 Å². The monoisotopic (exact) mass is 282 g/mol. The van der Waals surface area contributed by atoms with Gasteiger partial charge in [0, 0.05) is 31.5 Å². The lowest BCUT2D eigenvalue weighted by molar-refractivity contribution is 0.0536. The Morgan fingerprint density at radius 3 is 2.60 bits per heavy atom. The van der Waals surface area contributed by atoms with Gasteiger partial charge in [-0.25, -0.2) is 4.98 Å². The summed E-state index contributed by atoms with van der Waals surface area (Å²) in [5.41, 5.74) is 1.25. The molecule has 0 radical (unpaired) electrons. The Hall–Kier alpha value is -1.17. The summed E-state index contributed by atoms with van der Waals surface area (Å²) in [6, 6.07) is 3.94. The van der Waals surface area contributed by atoms with Crippen LogP contribution in [-0.4, -0.2) is 44.1 Å². The Kier molecular flexibility index (Phi) is 7.51. The molecule has 0 saturated heterocycles. The number of rotatable bonds is 9. The first kappa shape index (κ1) is 16.9. The van der Waals surface area contributed by atoms with E-state index in [2.05, 4.69) is 31.1 Å². The Bertz CT molecular complexity index is 378. The molecule has 0 aliphatic heterocycles. The van der Waals surface area contributed by atoms with Gasteiger partial charge in [0.2, 0.25) is 5.88 Å². The van der Waals surface area contributed by atoms with Crippen molar-refractivity contribution in [2.75, 3.05) is 33.5 Å². The van der Waals surface area contributed by atoms with Gasteiger partial charge in [0.05, 0.1) is 19.8 Å². The molecule has 0 aliphatic rings. The maximum atomic E-state index is 5.55. The first-order valence-electron chi connectivity index (χ1n) is 6.91. The molecule has 0 fully saturated rings. The first-order chi connectivity index (χ1) is 9.51. The molecule has 5 nitrogen and oxygen atoms in total. The highest BCUT2D eigenvalue weighted by molar-refractivity contribution is 5.20. The summed E-state index contributed by atoms with van der Waals surface area (Å²) in [5, 5.41) is 3.43. The Morgan fingerprint density at radius 1 is 1.15 bits per heavy atom. The smallest absolute Gasteiger partial charge is 0.213 e. The second kappa shape index (κ2) is 8.89. The number of hydrogen-bond acceptors (Lipinski definition) is 5. The van der Waals surface area contributed by atoms with Gasteiger partial charge in [0.25, 0.3) is 0 Å². The third kappa shape index (κ3) is 8.09. The van der Waals surface area contributed by atoms with E-state index in [1.807, 2.05) is 12.1 Å². The molecule has 0 aromatic carbocycles. The molecular formula is C15H26N2O3. The minimum absolute atomic E-state index is 0.0967. The van der Waals surface area contributed by atoms with Crippen LogP contribution < -0.4 is 10.1 Å². The summed E-state index contributed by atoms with van der Waals surface area (Å²) in [5.74, 6) is 0.633. The van der Waals surface area contributed by atoms with Crippen molar-refractivity contribution < 1.29 is 14.2 Å². The molecule has 0 bridgehead atoms. The minimum Gasteiger partial charge on any atom is -0.475 e. The molecule has 0 amide bonds. The molecule has 1 aromatic heterocycles. The number of hydrogen-bond donors (Lipinski definition) is 1. The van der Waals surface area contributed by atoms with Crippen LogP contribution in [0.4, 0.5) is 0 Å². The van der Waals surface area contributed by atoms with Gasteiger partial charge in [-0.05, 0) is 32.4 Å². The van der Waals surface area contributed by atoms with E-state index in [1.54, 1.807) is 13.3 Å². The van der Waals surface area contributed by atoms with Crippen molar-refractivity contribution in [3.63, 3.8) is 0 Å². The molecule has 1 heterocycles. The van der Waals surface area contributed by atoms with Gasteiger partial charge in [-0.1, -0.05) is 0 Å². The van der Waals surface area contributed by atoms with Gasteiger partial charge in [-0.2, -0.15) is 0 Å². The average Bonchev–Trinajstić information content (AvgIpc) is 2.40. The number of ether oxygens (including phenoxy) is 3. The van der Waals surface area contributed by atoms with Crippen LogP contribution in [0, 0.1) is 0 Å². The SMILES string of the molecule is COCCOCCOc1cc(CNC(C)(C)C)ccn1. The van der Waals surface area contributed by atoms with Crippen molar-refractivity contribution in [3.8, 4) is 5.88 Å². The van der Waals surface area contributed by atoms with Crippen molar-refractivity contribution in [1.29, 1.82) is 0 Å². The molecule has 5 heteroatoms. The summed E-state index contributed by atoms with van der Waals surface area (Å²) in [4.78, 5) is 4.19. The number of pyridine rings is 1. The Labute approximate surface area is 121 Å². The largest absolute Gasteiger partial charge is 0.475 e. The molecule has 1 rings (SSSR count). The lowest BCUT2D eigenvalue weighted by Crippen LogP contribution is -2.35. The summed E-state index contributed by atoms with van der Waals surface area (Å²) in [7, 11) is 1.65. The van der Waals surface area contributed by atoms with Gasteiger partial charge in [-0.15, -0.1) is 0 Å². The molecule has 20 heavy (non-hydrogen) atoms. The fourth-order valence-corrected chi connectivity index (χ4v) is 1.46. The van der Waals surface area contributed by atoms with Crippen LogP contribution >= 0.6 is 0 Å². The lowest BCUT2D eigenvalue weighted by atomic mass is 10.1. The maximum absolute atomic E-state index is 5.55. The van der Waals surface area contributed by atoms with Gasteiger partial charge in [0.15, 0.2) is 0 Å². The van der Waals surface area contributed by atoms with Crippen LogP contribution in [0.2, 0.25) is 0 Å². The highest BCUT2D eigenvalue weighted by Gasteiger charge is 2.08. The molecule has 0 saturated carbocycles. The lowest BCUT2D eigenvalue weighted by Gasteiger charge is -2.20. The molecule has 0 unspecified atom stereocenters. The number of nitrogens with one attached hydrogen (secondary N) is 1. The third-order valence-corrected chi connectivity index (χ3v) is 2.53.